The Bertz CT molecular complexity index is 1580. The first kappa shape index (κ1) is 26.9. The van der Waals surface area contributed by atoms with Gasteiger partial charge in [-0.1, -0.05) is 47.0 Å². The summed E-state index contributed by atoms with van der Waals surface area (Å²) in [7, 11) is 0. The number of halogens is 2. The van der Waals surface area contributed by atoms with Crippen molar-refractivity contribution in [3.8, 4) is 11.8 Å². The quantitative estimate of drug-likeness (QED) is 0.346. The van der Waals surface area contributed by atoms with Crippen LogP contribution in [0.2, 0.25) is 10.0 Å². The van der Waals surface area contributed by atoms with Crippen molar-refractivity contribution in [2.24, 2.45) is 5.73 Å². The number of Topliss-reactive ketones (excluding diaryl/α,β-unsaturated/α-hetero) is 1. The maximum absolute atomic E-state index is 13.6. The van der Waals surface area contributed by atoms with Crippen molar-refractivity contribution in [2.75, 3.05) is 4.90 Å². The molecule has 2 N–H and O–H groups in total. The van der Waals surface area contributed by atoms with Crippen molar-refractivity contribution < 1.29 is 9.53 Å². The molecule has 0 aromatic heterocycles. The predicted octanol–water partition coefficient (Wildman–Crippen LogP) is 7.80. The average molecular weight is 559 g/mol. The minimum atomic E-state index is -0.553. The highest BCUT2D eigenvalue weighted by atomic mass is 35.5. The van der Waals surface area contributed by atoms with Crippen LogP contribution in [-0.2, 0) is 11.4 Å². The van der Waals surface area contributed by atoms with Gasteiger partial charge in [-0.15, -0.1) is 0 Å². The van der Waals surface area contributed by atoms with Crippen molar-refractivity contribution in [2.45, 2.75) is 52.6 Å². The van der Waals surface area contributed by atoms with Crippen LogP contribution in [0.25, 0.3) is 0 Å². The van der Waals surface area contributed by atoms with Gasteiger partial charge >= 0.3 is 0 Å². The Morgan fingerprint density at radius 2 is 1.79 bits per heavy atom. The van der Waals surface area contributed by atoms with Crippen LogP contribution in [0.5, 0.6) is 5.75 Å². The highest BCUT2D eigenvalue weighted by Crippen LogP contribution is 2.48. The molecule has 0 saturated carbocycles. The molecule has 2 aliphatic rings. The number of carbonyl (C=O) groups excluding carboxylic acids is 1. The highest BCUT2D eigenvalue weighted by Gasteiger charge is 2.41. The molecule has 1 heterocycles. The zero-order valence-electron chi connectivity index (χ0n) is 22.1. The van der Waals surface area contributed by atoms with E-state index in [9.17, 15) is 10.1 Å². The van der Waals surface area contributed by atoms with E-state index >= 15 is 0 Å². The molecule has 5 rings (SSSR count). The first-order chi connectivity index (χ1) is 18.7. The summed E-state index contributed by atoms with van der Waals surface area (Å²) in [5.41, 5.74) is 14.1. The van der Waals surface area contributed by atoms with Crippen LogP contribution in [-0.4, -0.2) is 5.78 Å². The first-order valence-corrected chi connectivity index (χ1v) is 13.7. The summed E-state index contributed by atoms with van der Waals surface area (Å²) >= 11 is 12.5. The van der Waals surface area contributed by atoms with E-state index in [1.165, 1.54) is 0 Å². The van der Waals surface area contributed by atoms with Gasteiger partial charge < -0.3 is 10.5 Å². The van der Waals surface area contributed by atoms with E-state index in [-0.39, 0.29) is 5.78 Å². The third-order valence-corrected chi connectivity index (χ3v) is 8.27. The third-order valence-electron chi connectivity index (χ3n) is 7.61. The van der Waals surface area contributed by atoms with E-state index in [0.29, 0.717) is 52.2 Å². The van der Waals surface area contributed by atoms with Crippen LogP contribution >= 0.6 is 23.2 Å². The van der Waals surface area contributed by atoms with Crippen molar-refractivity contribution in [1.29, 1.82) is 5.26 Å². The van der Waals surface area contributed by atoms with Crippen LogP contribution in [0.1, 0.15) is 53.0 Å². The zero-order valence-corrected chi connectivity index (χ0v) is 23.7. The van der Waals surface area contributed by atoms with Gasteiger partial charge in [-0.05, 0) is 92.3 Å². The number of nitrogens with zero attached hydrogens (tertiary/aromatic N) is 2. The Labute approximate surface area is 239 Å². The minimum absolute atomic E-state index is 0.0473. The number of nitrogens with two attached hydrogens (primary N) is 1. The van der Waals surface area contributed by atoms with Crippen molar-refractivity contribution >= 4 is 34.7 Å². The van der Waals surface area contributed by atoms with E-state index in [2.05, 4.69) is 18.2 Å². The molecule has 1 unspecified atom stereocenters. The molecule has 198 valence electrons. The van der Waals surface area contributed by atoms with E-state index in [1.807, 2.05) is 56.0 Å². The van der Waals surface area contributed by atoms with Crippen LogP contribution in [0.4, 0.5) is 5.69 Å². The molecule has 1 aliphatic carbocycles. The molecule has 0 radical (unpaired) electrons. The summed E-state index contributed by atoms with van der Waals surface area (Å²) in [5, 5.41) is 11.7. The van der Waals surface area contributed by atoms with Crippen molar-refractivity contribution in [3.05, 3.63) is 115 Å². The fourth-order valence-corrected chi connectivity index (χ4v) is 5.91. The number of nitriles is 1. The number of hydrogen-bond acceptors (Lipinski definition) is 5. The van der Waals surface area contributed by atoms with Gasteiger partial charge in [-0.3, -0.25) is 9.69 Å². The van der Waals surface area contributed by atoms with Gasteiger partial charge in [0.2, 0.25) is 0 Å². The second kappa shape index (κ2) is 10.8. The van der Waals surface area contributed by atoms with E-state index in [1.54, 1.807) is 12.1 Å². The lowest BCUT2D eigenvalue weighted by Crippen LogP contribution is -2.39. The zero-order chi connectivity index (χ0) is 27.8. The lowest BCUT2D eigenvalue weighted by molar-refractivity contribution is -0.116. The van der Waals surface area contributed by atoms with Crippen LogP contribution in [0.15, 0.2) is 77.3 Å². The van der Waals surface area contributed by atoms with Gasteiger partial charge in [0.05, 0.1) is 23.2 Å². The smallest absolute Gasteiger partial charge is 0.161 e. The molecule has 3 aromatic carbocycles. The summed E-state index contributed by atoms with van der Waals surface area (Å²) in [4.78, 5) is 15.5. The van der Waals surface area contributed by atoms with Gasteiger partial charge in [0, 0.05) is 27.7 Å². The maximum Gasteiger partial charge on any atom is 0.161 e. The molecule has 1 atom stereocenters. The molecule has 3 aromatic rings. The molecule has 7 heteroatoms. The Morgan fingerprint density at radius 3 is 2.51 bits per heavy atom. The summed E-state index contributed by atoms with van der Waals surface area (Å²) in [6.07, 6.45) is 1.84. The molecule has 0 spiro atoms. The second-order valence-electron chi connectivity index (χ2n) is 10.1. The number of aryl methyl sites for hydroxylation is 1. The standard InChI is InChI=1S/C32H29Cl2N3O2/c1-18-14-21(17-39-23-12-10-22(33)11-13-23)19(2)24(15-18)30-25(16-35)32(36)37(27-7-4-6-26(34)20(27)3)28-8-5-9-29(38)31(28)30/h4,6-7,10-15,30H,5,8-9,17,36H2,1-3H3. The molecular weight excluding hydrogens is 529 g/mol. The Balaban J connectivity index is 1.65. The lowest BCUT2D eigenvalue weighted by atomic mass is 9.73. The fraction of sp³-hybridized carbons (Fsp3) is 0.250. The number of carbonyl (C=O) groups is 1. The number of ether oxygens (including phenoxy) is 1. The topological polar surface area (TPSA) is 79.3 Å². The normalized spacial score (nSPS) is 17.3. The van der Waals surface area contributed by atoms with Gasteiger partial charge in [-0.2, -0.15) is 5.26 Å². The van der Waals surface area contributed by atoms with Gasteiger partial charge in [0.15, 0.2) is 5.78 Å². The van der Waals surface area contributed by atoms with Crippen LogP contribution < -0.4 is 15.4 Å². The number of ketones is 1. The highest BCUT2D eigenvalue weighted by molar-refractivity contribution is 6.31. The summed E-state index contributed by atoms with van der Waals surface area (Å²) in [6.45, 7) is 6.28. The molecule has 5 nitrogen and oxygen atoms in total. The number of hydrogen-bond donors (Lipinski definition) is 1. The summed E-state index contributed by atoms with van der Waals surface area (Å²) in [6, 6.07) is 19.4. The third kappa shape index (κ3) is 4.91. The minimum Gasteiger partial charge on any atom is -0.489 e. The number of benzene rings is 3. The monoisotopic (exact) mass is 557 g/mol. The number of rotatable bonds is 5. The van der Waals surface area contributed by atoms with Crippen LogP contribution in [0, 0.1) is 32.1 Å². The Kier molecular flexibility index (Phi) is 7.44. The molecule has 0 amide bonds. The number of anilines is 1. The SMILES string of the molecule is Cc1cc(COc2ccc(Cl)cc2)c(C)c(C2C(C#N)=C(N)N(c3cccc(Cl)c3C)C3=C2C(=O)CCC3)c1. The molecule has 39 heavy (non-hydrogen) atoms. The lowest BCUT2D eigenvalue weighted by Gasteiger charge is -2.40. The number of allylic oxidation sites excluding steroid dienone is 3. The molecular formula is C32H29Cl2N3O2. The Hall–Kier alpha value is -3.72. The molecule has 1 aliphatic heterocycles. The van der Waals surface area contributed by atoms with Crippen molar-refractivity contribution in [1.82, 2.24) is 0 Å². The molecule has 0 saturated heterocycles. The van der Waals surface area contributed by atoms with Gasteiger partial charge in [0.25, 0.3) is 0 Å². The second-order valence-corrected chi connectivity index (χ2v) is 10.9. The molecule has 0 bridgehead atoms. The fourth-order valence-electron chi connectivity index (χ4n) is 5.62. The van der Waals surface area contributed by atoms with E-state index < -0.39 is 5.92 Å². The predicted molar refractivity (Wildman–Crippen MR) is 156 cm³/mol. The van der Waals surface area contributed by atoms with E-state index in [4.69, 9.17) is 33.7 Å². The maximum atomic E-state index is 13.6. The summed E-state index contributed by atoms with van der Waals surface area (Å²) < 4.78 is 6.07. The van der Waals surface area contributed by atoms with Crippen molar-refractivity contribution in [3.63, 3.8) is 0 Å². The van der Waals surface area contributed by atoms with Crippen LogP contribution in [0.3, 0.4) is 0 Å². The van der Waals surface area contributed by atoms with Gasteiger partial charge in [0.1, 0.15) is 18.2 Å². The Morgan fingerprint density at radius 1 is 1.05 bits per heavy atom. The van der Waals surface area contributed by atoms with Gasteiger partial charge in [-0.25, -0.2) is 0 Å². The first-order valence-electron chi connectivity index (χ1n) is 12.9. The summed E-state index contributed by atoms with van der Waals surface area (Å²) in [5.74, 6) is 0.538. The average Bonchev–Trinajstić information content (AvgIpc) is 2.91. The largest absolute Gasteiger partial charge is 0.489 e. The van der Waals surface area contributed by atoms with E-state index in [0.717, 1.165) is 45.6 Å². The molecule has 0 fully saturated rings.